The van der Waals surface area contributed by atoms with Gasteiger partial charge in [-0.05, 0) is 25.0 Å². The molecule has 2 aromatic heterocycles. The van der Waals surface area contributed by atoms with Gasteiger partial charge in [0.2, 0.25) is 0 Å². The van der Waals surface area contributed by atoms with Gasteiger partial charge < -0.3 is 14.1 Å². The summed E-state index contributed by atoms with van der Waals surface area (Å²) in [5.41, 5.74) is 0.298. The summed E-state index contributed by atoms with van der Waals surface area (Å²) < 4.78 is 11.8. The minimum absolute atomic E-state index is 0.135. The van der Waals surface area contributed by atoms with Gasteiger partial charge in [-0.3, -0.25) is 23.9 Å². The third-order valence-corrected chi connectivity index (χ3v) is 5.06. The van der Waals surface area contributed by atoms with Crippen molar-refractivity contribution in [3.05, 3.63) is 63.3 Å². The van der Waals surface area contributed by atoms with Crippen LogP contribution < -0.4 is 11.2 Å². The van der Waals surface area contributed by atoms with Crippen LogP contribution in [0.1, 0.15) is 24.7 Å². The minimum atomic E-state index is -0.737. The van der Waals surface area contributed by atoms with Crippen LogP contribution in [0.3, 0.4) is 0 Å². The second-order valence-electron chi connectivity index (χ2n) is 7.07. The highest BCUT2D eigenvalue weighted by atomic mass is 16.5. The van der Waals surface area contributed by atoms with Crippen molar-refractivity contribution in [2.45, 2.75) is 25.3 Å². The first-order valence-corrected chi connectivity index (χ1v) is 9.58. The number of H-pyrrole nitrogens is 1. The van der Waals surface area contributed by atoms with Gasteiger partial charge in [0, 0.05) is 31.3 Å². The van der Waals surface area contributed by atoms with Crippen LogP contribution in [0, 0.1) is 0 Å². The number of oxazole rings is 1. The maximum absolute atomic E-state index is 12.3. The third-order valence-electron chi connectivity index (χ3n) is 5.06. The van der Waals surface area contributed by atoms with Gasteiger partial charge in [0.25, 0.3) is 11.5 Å². The molecule has 10 heteroatoms. The molecule has 0 unspecified atom stereocenters. The Hall–Kier alpha value is -3.69. The number of benzene rings is 1. The summed E-state index contributed by atoms with van der Waals surface area (Å²) in [6.07, 6.45) is 2.61. The van der Waals surface area contributed by atoms with E-state index in [2.05, 4.69) is 4.98 Å². The zero-order valence-corrected chi connectivity index (χ0v) is 16.1. The number of hydrogen-bond donors (Lipinski definition) is 1. The number of likely N-dealkylation sites (tertiary alicyclic amines) is 1. The van der Waals surface area contributed by atoms with Crippen LogP contribution in [0.15, 0.2) is 50.5 Å². The van der Waals surface area contributed by atoms with E-state index in [0.717, 1.165) is 21.7 Å². The highest BCUT2D eigenvalue weighted by Gasteiger charge is 2.27. The number of carbonyl (C=O) groups is 2. The molecule has 0 atom stereocenters. The molecule has 0 spiro atoms. The zero-order valence-electron chi connectivity index (χ0n) is 16.1. The van der Waals surface area contributed by atoms with Crippen molar-refractivity contribution in [2.75, 3.05) is 19.7 Å². The summed E-state index contributed by atoms with van der Waals surface area (Å²) in [4.78, 5) is 55.1. The first kappa shape index (κ1) is 19.6. The van der Waals surface area contributed by atoms with Crippen molar-refractivity contribution < 1.29 is 18.7 Å². The van der Waals surface area contributed by atoms with Crippen LogP contribution in [0.4, 0.5) is 0 Å². The largest absolute Gasteiger partial charge is 0.454 e. The Labute approximate surface area is 170 Å². The fourth-order valence-corrected chi connectivity index (χ4v) is 3.43. The molecule has 0 saturated carbocycles. The zero-order chi connectivity index (χ0) is 21.1. The average Bonchev–Trinajstić information content (AvgIpc) is 3.18. The molecular weight excluding hydrogens is 392 g/mol. The summed E-state index contributed by atoms with van der Waals surface area (Å²) in [6.45, 7) is 0.242. The second-order valence-corrected chi connectivity index (χ2v) is 7.07. The van der Waals surface area contributed by atoms with Gasteiger partial charge in [0.05, 0.1) is 0 Å². The van der Waals surface area contributed by atoms with Gasteiger partial charge in [-0.25, -0.2) is 9.78 Å². The monoisotopic (exact) mass is 412 g/mol. The summed E-state index contributed by atoms with van der Waals surface area (Å²) >= 11 is 0. The maximum Gasteiger partial charge on any atom is 0.328 e. The number of amides is 1. The van der Waals surface area contributed by atoms with Gasteiger partial charge in [0.1, 0.15) is 12.1 Å². The Morgan fingerprint density at radius 2 is 1.93 bits per heavy atom. The molecule has 0 aliphatic carbocycles. The lowest BCUT2D eigenvalue weighted by molar-refractivity contribution is -0.153. The number of aromatic nitrogens is 3. The van der Waals surface area contributed by atoms with Gasteiger partial charge >= 0.3 is 11.7 Å². The smallest absolute Gasteiger partial charge is 0.328 e. The Morgan fingerprint density at radius 1 is 1.17 bits per heavy atom. The summed E-state index contributed by atoms with van der Waals surface area (Å²) in [7, 11) is 0. The van der Waals surface area contributed by atoms with E-state index in [4.69, 9.17) is 9.15 Å². The quantitative estimate of drug-likeness (QED) is 0.609. The molecule has 1 aliphatic rings. The van der Waals surface area contributed by atoms with Crippen LogP contribution >= 0.6 is 0 Å². The molecule has 4 rings (SSSR count). The van der Waals surface area contributed by atoms with Gasteiger partial charge in [-0.15, -0.1) is 0 Å². The van der Waals surface area contributed by atoms with E-state index in [1.807, 2.05) is 29.2 Å². The summed E-state index contributed by atoms with van der Waals surface area (Å²) in [6, 6.07) is 8.70. The molecule has 3 aromatic rings. The van der Waals surface area contributed by atoms with Crippen molar-refractivity contribution >= 4 is 23.0 Å². The third kappa shape index (κ3) is 4.32. The van der Waals surface area contributed by atoms with E-state index in [9.17, 15) is 19.2 Å². The lowest BCUT2D eigenvalue weighted by atomic mass is 9.97. The van der Waals surface area contributed by atoms with E-state index in [0.29, 0.717) is 31.8 Å². The molecule has 1 fully saturated rings. The number of carbonyl (C=O) groups excluding carboxylic acids is 2. The summed E-state index contributed by atoms with van der Waals surface area (Å²) in [5.74, 6) is -0.218. The second kappa shape index (κ2) is 8.36. The molecule has 30 heavy (non-hydrogen) atoms. The summed E-state index contributed by atoms with van der Waals surface area (Å²) in [5, 5.41) is 0. The van der Waals surface area contributed by atoms with Crippen LogP contribution in [0.2, 0.25) is 0 Å². The molecule has 3 heterocycles. The number of nitrogens with zero attached hydrogens (tertiary/aromatic N) is 3. The van der Waals surface area contributed by atoms with Crippen LogP contribution in [0.5, 0.6) is 0 Å². The Kier molecular flexibility index (Phi) is 5.46. The SMILES string of the molecule is O=C(Cn1ccc(=O)[nH]c1=O)OCC(=O)N1CCC(c2nc3ccccc3o2)CC1. The van der Waals surface area contributed by atoms with E-state index in [1.165, 1.54) is 6.20 Å². The number of rotatable bonds is 5. The molecule has 0 radical (unpaired) electrons. The number of aromatic amines is 1. The normalized spacial score (nSPS) is 14.7. The first-order valence-electron chi connectivity index (χ1n) is 9.58. The standard InChI is InChI=1S/C20H20N4O6/c25-16-7-10-24(20(28)22-16)11-18(27)29-12-17(26)23-8-5-13(6-9-23)19-21-14-3-1-2-4-15(14)30-19/h1-4,7,10,13H,5-6,8-9,11-12H2,(H,22,25,28). The van der Waals surface area contributed by atoms with Crippen molar-refractivity contribution in [1.29, 1.82) is 0 Å². The van der Waals surface area contributed by atoms with E-state index in [-0.39, 0.29) is 18.4 Å². The van der Waals surface area contributed by atoms with Crippen molar-refractivity contribution in [3.63, 3.8) is 0 Å². The van der Waals surface area contributed by atoms with Crippen molar-refractivity contribution in [2.24, 2.45) is 0 Å². The molecule has 1 N–H and O–H groups in total. The minimum Gasteiger partial charge on any atom is -0.454 e. The molecule has 156 valence electrons. The number of hydrogen-bond acceptors (Lipinski definition) is 7. The molecule has 1 aromatic carbocycles. The van der Waals surface area contributed by atoms with Gasteiger partial charge in [0.15, 0.2) is 18.1 Å². The molecule has 1 aliphatic heterocycles. The highest BCUT2D eigenvalue weighted by Crippen LogP contribution is 2.29. The highest BCUT2D eigenvalue weighted by molar-refractivity contribution is 5.80. The molecular formula is C20H20N4O6. The molecule has 1 amide bonds. The Balaban J connectivity index is 1.26. The Morgan fingerprint density at radius 3 is 2.67 bits per heavy atom. The number of ether oxygens (including phenoxy) is 1. The lowest BCUT2D eigenvalue weighted by Crippen LogP contribution is -2.40. The van der Waals surface area contributed by atoms with Crippen molar-refractivity contribution in [3.8, 4) is 0 Å². The number of piperidine rings is 1. The fraction of sp³-hybridized carbons (Fsp3) is 0.350. The van der Waals surface area contributed by atoms with Crippen molar-refractivity contribution in [1.82, 2.24) is 19.4 Å². The van der Waals surface area contributed by atoms with Crippen LogP contribution in [-0.4, -0.2) is 51.0 Å². The lowest BCUT2D eigenvalue weighted by Gasteiger charge is -2.30. The predicted molar refractivity (Wildman–Crippen MR) is 105 cm³/mol. The predicted octanol–water partition coefficient (Wildman–Crippen LogP) is 0.627. The first-order chi connectivity index (χ1) is 14.5. The number of esters is 1. The average molecular weight is 412 g/mol. The fourth-order valence-electron chi connectivity index (χ4n) is 3.43. The number of para-hydroxylation sites is 2. The molecule has 0 bridgehead atoms. The van der Waals surface area contributed by atoms with Crippen LogP contribution in [-0.2, 0) is 20.9 Å². The van der Waals surface area contributed by atoms with E-state index in [1.54, 1.807) is 4.90 Å². The van der Waals surface area contributed by atoms with Gasteiger partial charge in [-0.1, -0.05) is 12.1 Å². The Bertz CT molecular complexity index is 1150. The number of fused-ring (bicyclic) bond motifs is 1. The molecule has 10 nitrogen and oxygen atoms in total. The van der Waals surface area contributed by atoms with E-state index < -0.39 is 23.8 Å². The van der Waals surface area contributed by atoms with E-state index >= 15 is 0 Å². The topological polar surface area (TPSA) is 128 Å². The van der Waals surface area contributed by atoms with Gasteiger partial charge in [-0.2, -0.15) is 0 Å². The number of nitrogens with one attached hydrogen (secondary N) is 1. The molecule has 1 saturated heterocycles. The van der Waals surface area contributed by atoms with Crippen LogP contribution in [0.25, 0.3) is 11.1 Å². The maximum atomic E-state index is 12.3.